The average molecular weight is 447 g/mol. The Morgan fingerprint density at radius 1 is 1.30 bits per heavy atom. The molecule has 11 heteroatoms. The monoisotopic (exact) mass is 446 g/mol. The van der Waals surface area contributed by atoms with Gasteiger partial charge in [-0.1, -0.05) is 11.8 Å². The summed E-state index contributed by atoms with van der Waals surface area (Å²) in [5.41, 5.74) is 2.17. The van der Waals surface area contributed by atoms with E-state index in [-0.39, 0.29) is 28.9 Å². The Morgan fingerprint density at radius 2 is 2.10 bits per heavy atom. The maximum absolute atomic E-state index is 12.7. The number of nitrogens with zero attached hydrogens (tertiary/aromatic N) is 2. The summed E-state index contributed by atoms with van der Waals surface area (Å²) in [4.78, 5) is 28.6. The molecular formula is C19H18N4O5S2. The van der Waals surface area contributed by atoms with Crippen molar-refractivity contribution < 1.29 is 22.7 Å². The topological polar surface area (TPSA) is 133 Å². The number of ether oxygens (including phenoxy) is 1. The number of Topliss-reactive ketones (excluding diaryl/α,β-unsaturated/α-hetero) is 1. The fourth-order valence-electron chi connectivity index (χ4n) is 3.15. The molecule has 0 aliphatic carbocycles. The van der Waals surface area contributed by atoms with E-state index in [2.05, 4.69) is 10.3 Å². The third kappa shape index (κ3) is 3.91. The van der Waals surface area contributed by atoms with Gasteiger partial charge in [0.15, 0.2) is 17.5 Å². The van der Waals surface area contributed by atoms with Crippen LogP contribution in [0.25, 0.3) is 11.0 Å². The summed E-state index contributed by atoms with van der Waals surface area (Å²) in [6.07, 6.45) is 0. The minimum absolute atomic E-state index is 0.0123. The van der Waals surface area contributed by atoms with Gasteiger partial charge in [0, 0.05) is 12.1 Å². The standard InChI is InChI=1S/C19H18N4O5S2/c1-2-23-15-5-4-12(30(20,26)27)8-13(15)22-19(23)29-10-16(24)11-3-6-17-14(7-11)21-18(25)9-28-17/h3-8H,2,9-10H2,1H3,(H,21,25)(H2,20,26,27). The fraction of sp³-hybridized carbons (Fsp3) is 0.211. The van der Waals surface area contributed by atoms with Crippen LogP contribution in [-0.2, 0) is 21.4 Å². The number of anilines is 1. The Morgan fingerprint density at radius 3 is 2.83 bits per heavy atom. The third-order valence-corrected chi connectivity index (χ3v) is 6.48. The minimum Gasteiger partial charge on any atom is -0.482 e. The van der Waals surface area contributed by atoms with E-state index in [4.69, 9.17) is 9.88 Å². The second kappa shape index (κ2) is 7.74. The molecule has 1 amide bonds. The third-order valence-electron chi connectivity index (χ3n) is 4.60. The molecule has 2 aromatic carbocycles. The van der Waals surface area contributed by atoms with Crippen molar-refractivity contribution in [3.05, 3.63) is 42.0 Å². The number of carbonyl (C=O) groups excluding carboxylic acids is 2. The molecule has 9 nitrogen and oxygen atoms in total. The highest BCUT2D eigenvalue weighted by molar-refractivity contribution is 7.99. The second-order valence-electron chi connectivity index (χ2n) is 6.59. The zero-order valence-electron chi connectivity index (χ0n) is 15.9. The van der Waals surface area contributed by atoms with Crippen molar-refractivity contribution in [1.29, 1.82) is 0 Å². The number of amides is 1. The highest BCUT2D eigenvalue weighted by Crippen LogP contribution is 2.30. The molecule has 0 bridgehead atoms. The van der Waals surface area contributed by atoms with Crippen LogP contribution in [0.15, 0.2) is 46.5 Å². The van der Waals surface area contributed by atoms with Gasteiger partial charge in [-0.2, -0.15) is 0 Å². The number of fused-ring (bicyclic) bond motifs is 2. The van der Waals surface area contributed by atoms with Crippen LogP contribution >= 0.6 is 11.8 Å². The molecule has 2 heterocycles. The van der Waals surface area contributed by atoms with E-state index in [1.165, 1.54) is 23.9 Å². The van der Waals surface area contributed by atoms with Gasteiger partial charge in [0.1, 0.15) is 5.75 Å². The van der Waals surface area contributed by atoms with E-state index >= 15 is 0 Å². The summed E-state index contributed by atoms with van der Waals surface area (Å²) in [7, 11) is -3.83. The molecule has 1 aliphatic rings. The lowest BCUT2D eigenvalue weighted by atomic mass is 10.1. The number of nitrogens with two attached hydrogens (primary N) is 1. The SMILES string of the molecule is CCn1c(SCC(=O)c2ccc3c(c2)NC(=O)CO3)nc2cc(S(N)(=O)=O)ccc21. The maximum Gasteiger partial charge on any atom is 0.262 e. The lowest BCUT2D eigenvalue weighted by Crippen LogP contribution is -2.25. The number of aromatic nitrogens is 2. The Labute approximate surface area is 176 Å². The summed E-state index contributed by atoms with van der Waals surface area (Å²) >= 11 is 1.25. The van der Waals surface area contributed by atoms with Crippen molar-refractivity contribution in [2.24, 2.45) is 5.14 Å². The first-order valence-electron chi connectivity index (χ1n) is 9.02. The van der Waals surface area contributed by atoms with Crippen LogP contribution in [0.4, 0.5) is 5.69 Å². The van der Waals surface area contributed by atoms with Crippen LogP contribution in [0.5, 0.6) is 5.75 Å². The lowest BCUT2D eigenvalue weighted by molar-refractivity contribution is -0.118. The van der Waals surface area contributed by atoms with E-state index in [0.717, 1.165) is 5.52 Å². The largest absolute Gasteiger partial charge is 0.482 e. The molecule has 3 aromatic rings. The van der Waals surface area contributed by atoms with E-state index in [1.807, 2.05) is 11.5 Å². The molecule has 1 aromatic heterocycles. The number of thioether (sulfide) groups is 1. The predicted octanol–water partition coefficient (Wildman–Crippen LogP) is 2.01. The van der Waals surface area contributed by atoms with Crippen molar-refractivity contribution in [1.82, 2.24) is 9.55 Å². The van der Waals surface area contributed by atoms with Crippen molar-refractivity contribution in [3.8, 4) is 5.75 Å². The average Bonchev–Trinajstić information content (AvgIpc) is 3.07. The number of benzene rings is 2. The minimum atomic E-state index is -3.83. The van der Waals surface area contributed by atoms with Crippen molar-refractivity contribution in [2.75, 3.05) is 17.7 Å². The van der Waals surface area contributed by atoms with E-state index < -0.39 is 10.0 Å². The van der Waals surface area contributed by atoms with Gasteiger partial charge in [-0.3, -0.25) is 9.59 Å². The smallest absolute Gasteiger partial charge is 0.262 e. The van der Waals surface area contributed by atoms with Crippen LogP contribution in [-0.4, -0.2) is 42.0 Å². The lowest BCUT2D eigenvalue weighted by Gasteiger charge is -2.18. The summed E-state index contributed by atoms with van der Waals surface area (Å²) < 4.78 is 30.4. The summed E-state index contributed by atoms with van der Waals surface area (Å²) in [6, 6.07) is 9.42. The fourth-order valence-corrected chi connectivity index (χ4v) is 4.66. The number of hydrogen-bond donors (Lipinski definition) is 2. The molecule has 30 heavy (non-hydrogen) atoms. The second-order valence-corrected chi connectivity index (χ2v) is 9.10. The van der Waals surface area contributed by atoms with Gasteiger partial charge in [-0.05, 0) is 43.3 Å². The highest BCUT2D eigenvalue weighted by atomic mass is 32.2. The number of sulfonamides is 1. The molecule has 1 aliphatic heterocycles. The van der Waals surface area contributed by atoms with Gasteiger partial charge in [-0.25, -0.2) is 18.5 Å². The first kappa shape index (κ1) is 20.4. The van der Waals surface area contributed by atoms with Gasteiger partial charge in [-0.15, -0.1) is 0 Å². The summed E-state index contributed by atoms with van der Waals surface area (Å²) in [6.45, 7) is 2.49. The normalized spacial score (nSPS) is 13.6. The first-order valence-corrected chi connectivity index (χ1v) is 11.5. The zero-order valence-corrected chi connectivity index (χ0v) is 17.5. The van der Waals surface area contributed by atoms with Crippen molar-refractivity contribution in [2.45, 2.75) is 23.5 Å². The van der Waals surface area contributed by atoms with Gasteiger partial charge >= 0.3 is 0 Å². The molecule has 0 spiro atoms. The van der Waals surface area contributed by atoms with E-state index in [0.29, 0.717) is 34.2 Å². The van der Waals surface area contributed by atoms with Gasteiger partial charge in [0.25, 0.3) is 5.91 Å². The molecular weight excluding hydrogens is 428 g/mol. The maximum atomic E-state index is 12.7. The van der Waals surface area contributed by atoms with Crippen LogP contribution in [0.1, 0.15) is 17.3 Å². The van der Waals surface area contributed by atoms with E-state index in [9.17, 15) is 18.0 Å². The molecule has 0 unspecified atom stereocenters. The molecule has 3 N–H and O–H groups in total. The first-order chi connectivity index (χ1) is 14.3. The number of nitrogens with one attached hydrogen (secondary N) is 1. The Hall–Kier alpha value is -2.89. The van der Waals surface area contributed by atoms with Gasteiger partial charge < -0.3 is 14.6 Å². The Kier molecular flexibility index (Phi) is 5.26. The number of aryl methyl sites for hydroxylation is 1. The Bertz CT molecular complexity index is 1280. The molecule has 0 radical (unpaired) electrons. The summed E-state index contributed by atoms with van der Waals surface area (Å²) in [5.74, 6) is 0.246. The number of primary sulfonamides is 1. The van der Waals surface area contributed by atoms with Crippen LogP contribution in [0.2, 0.25) is 0 Å². The van der Waals surface area contributed by atoms with Crippen LogP contribution < -0.4 is 15.2 Å². The molecule has 0 saturated heterocycles. The van der Waals surface area contributed by atoms with Crippen LogP contribution in [0.3, 0.4) is 0 Å². The number of imidazole rings is 1. The molecule has 0 fully saturated rings. The zero-order chi connectivity index (χ0) is 21.5. The number of ketones is 1. The van der Waals surface area contributed by atoms with Crippen molar-refractivity contribution in [3.63, 3.8) is 0 Å². The number of hydrogen-bond acceptors (Lipinski definition) is 7. The van der Waals surface area contributed by atoms with Crippen molar-refractivity contribution >= 4 is 50.2 Å². The summed E-state index contributed by atoms with van der Waals surface area (Å²) in [5, 5.41) is 8.48. The molecule has 0 saturated carbocycles. The molecule has 4 rings (SSSR count). The quantitative estimate of drug-likeness (QED) is 0.437. The van der Waals surface area contributed by atoms with Gasteiger partial charge in [0.2, 0.25) is 10.0 Å². The highest BCUT2D eigenvalue weighted by Gasteiger charge is 2.19. The molecule has 156 valence electrons. The Balaban J connectivity index is 1.56. The van der Waals surface area contributed by atoms with Crippen LogP contribution in [0, 0.1) is 0 Å². The predicted molar refractivity (Wildman–Crippen MR) is 112 cm³/mol. The van der Waals surface area contributed by atoms with E-state index in [1.54, 1.807) is 24.3 Å². The number of rotatable bonds is 6. The number of carbonyl (C=O) groups is 2. The van der Waals surface area contributed by atoms with Gasteiger partial charge in [0.05, 0.1) is 27.4 Å². The molecule has 0 atom stereocenters.